The maximum absolute atomic E-state index is 10.4. The average molecular weight is 318 g/mol. The number of rotatable bonds is 5. The minimum atomic E-state index is -0.566. The molecular weight excluding hydrogens is 296 g/mol. The molecule has 0 aromatic carbocycles. The fourth-order valence-corrected chi connectivity index (χ4v) is 4.04. The zero-order valence-corrected chi connectivity index (χ0v) is 13.8. The molecule has 0 radical (unpaired) electrons. The molecule has 2 atom stereocenters. The lowest BCUT2D eigenvalue weighted by Crippen LogP contribution is -2.41. The van der Waals surface area contributed by atoms with E-state index < -0.39 is 5.60 Å². The van der Waals surface area contributed by atoms with Crippen molar-refractivity contribution in [3.63, 3.8) is 0 Å². The number of hydrogen-bond acceptors (Lipinski definition) is 5. The highest BCUT2D eigenvalue weighted by Gasteiger charge is 2.32. The molecule has 1 saturated heterocycles. The Morgan fingerprint density at radius 2 is 2.36 bits per heavy atom. The van der Waals surface area contributed by atoms with Gasteiger partial charge in [-0.2, -0.15) is 16.9 Å². The molecule has 6 heteroatoms. The van der Waals surface area contributed by atoms with Crippen LogP contribution in [0.15, 0.2) is 30.6 Å². The van der Waals surface area contributed by atoms with Gasteiger partial charge in [-0.1, -0.05) is 6.07 Å². The van der Waals surface area contributed by atoms with E-state index in [1.54, 1.807) is 6.20 Å². The maximum atomic E-state index is 10.4. The summed E-state index contributed by atoms with van der Waals surface area (Å²) in [5.41, 5.74) is 1.65. The van der Waals surface area contributed by atoms with Crippen molar-refractivity contribution < 1.29 is 5.11 Å². The number of nitrogens with zero attached hydrogens (tertiary/aromatic N) is 3. The molecule has 2 unspecified atom stereocenters. The lowest BCUT2D eigenvalue weighted by Gasteiger charge is -2.24. The van der Waals surface area contributed by atoms with Crippen LogP contribution in [0.25, 0.3) is 5.82 Å². The van der Waals surface area contributed by atoms with Gasteiger partial charge in [-0.25, -0.2) is 9.67 Å². The Kier molecular flexibility index (Phi) is 4.52. The number of nitrogens with one attached hydrogen (secondary N) is 1. The molecule has 0 spiro atoms. The molecule has 3 rings (SSSR count). The zero-order valence-electron chi connectivity index (χ0n) is 13.0. The van der Waals surface area contributed by atoms with Gasteiger partial charge in [0.15, 0.2) is 5.82 Å². The summed E-state index contributed by atoms with van der Waals surface area (Å²) in [4.78, 5) is 4.34. The highest BCUT2D eigenvalue weighted by molar-refractivity contribution is 7.99. The summed E-state index contributed by atoms with van der Waals surface area (Å²) >= 11 is 1.82. The molecule has 3 heterocycles. The molecule has 1 aliphatic heterocycles. The van der Waals surface area contributed by atoms with Crippen LogP contribution in [0.1, 0.15) is 30.6 Å². The molecule has 2 N–H and O–H groups in total. The van der Waals surface area contributed by atoms with Crippen LogP contribution < -0.4 is 5.32 Å². The summed E-state index contributed by atoms with van der Waals surface area (Å²) in [7, 11) is 0. The Labute approximate surface area is 135 Å². The molecule has 0 bridgehead atoms. The molecule has 0 amide bonds. The monoisotopic (exact) mass is 318 g/mol. The van der Waals surface area contributed by atoms with Crippen LogP contribution in [0.2, 0.25) is 0 Å². The summed E-state index contributed by atoms with van der Waals surface area (Å²) < 4.78 is 1.85. The van der Waals surface area contributed by atoms with E-state index in [9.17, 15) is 5.11 Å². The summed E-state index contributed by atoms with van der Waals surface area (Å²) in [6, 6.07) is 5.94. The molecule has 5 nitrogen and oxygen atoms in total. The number of hydrogen-bond donors (Lipinski definition) is 2. The fraction of sp³-hybridized carbons (Fsp3) is 0.500. The third kappa shape index (κ3) is 3.19. The summed E-state index contributed by atoms with van der Waals surface area (Å²) in [5, 5.41) is 18.3. The second kappa shape index (κ2) is 6.40. The van der Waals surface area contributed by atoms with Gasteiger partial charge in [0.05, 0.1) is 11.8 Å². The molecule has 0 saturated carbocycles. The average Bonchev–Trinajstić information content (AvgIpc) is 3.13. The Balaban J connectivity index is 1.71. The van der Waals surface area contributed by atoms with Gasteiger partial charge >= 0.3 is 0 Å². The number of thioether (sulfide) groups is 1. The Hall–Kier alpha value is -1.37. The van der Waals surface area contributed by atoms with E-state index in [-0.39, 0.29) is 6.04 Å². The van der Waals surface area contributed by atoms with Crippen LogP contribution in [-0.4, -0.2) is 43.5 Å². The second-order valence-electron chi connectivity index (χ2n) is 5.91. The SMILES string of the molecule is Cc1c(C(C)NCC2(O)CCSC2)cnn1-c1ccccn1. The van der Waals surface area contributed by atoms with Crippen molar-refractivity contribution in [3.05, 3.63) is 41.9 Å². The van der Waals surface area contributed by atoms with Crippen LogP contribution in [-0.2, 0) is 0 Å². The normalized spacial score (nSPS) is 22.9. The van der Waals surface area contributed by atoms with Gasteiger partial charge in [-0.3, -0.25) is 0 Å². The van der Waals surface area contributed by atoms with Crippen molar-refractivity contribution in [1.82, 2.24) is 20.1 Å². The molecule has 118 valence electrons. The first kappa shape index (κ1) is 15.5. The first-order valence-corrected chi connectivity index (χ1v) is 8.74. The Morgan fingerprint density at radius 3 is 3.05 bits per heavy atom. The van der Waals surface area contributed by atoms with Crippen molar-refractivity contribution in [2.24, 2.45) is 0 Å². The van der Waals surface area contributed by atoms with Crippen LogP contribution in [0.4, 0.5) is 0 Å². The van der Waals surface area contributed by atoms with Crippen LogP contribution >= 0.6 is 11.8 Å². The number of aliphatic hydroxyl groups is 1. The molecule has 2 aromatic rings. The standard InChI is InChI=1S/C16H22N4OS/c1-12(18-10-16(21)6-8-22-11-16)14-9-19-20(13(14)2)15-5-3-4-7-17-15/h3-5,7,9,12,18,21H,6,8,10-11H2,1-2H3. The van der Waals surface area contributed by atoms with E-state index in [2.05, 4.69) is 29.2 Å². The lowest BCUT2D eigenvalue weighted by atomic mass is 10.0. The van der Waals surface area contributed by atoms with E-state index in [1.807, 2.05) is 40.8 Å². The largest absolute Gasteiger partial charge is 0.388 e. The fourth-order valence-electron chi connectivity index (χ4n) is 2.75. The Bertz CT molecular complexity index is 622. The molecule has 1 fully saturated rings. The number of aromatic nitrogens is 3. The smallest absolute Gasteiger partial charge is 0.153 e. The van der Waals surface area contributed by atoms with E-state index in [0.717, 1.165) is 35.0 Å². The number of pyridine rings is 1. The topological polar surface area (TPSA) is 63.0 Å². The molecular formula is C16H22N4OS. The van der Waals surface area contributed by atoms with Gasteiger partial charge in [0.1, 0.15) is 0 Å². The predicted molar refractivity (Wildman–Crippen MR) is 89.4 cm³/mol. The lowest BCUT2D eigenvalue weighted by molar-refractivity contribution is 0.0651. The predicted octanol–water partition coefficient (Wildman–Crippen LogP) is 2.09. The molecule has 1 aliphatic rings. The third-order valence-corrected chi connectivity index (χ3v) is 5.43. The van der Waals surface area contributed by atoms with Crippen molar-refractivity contribution in [3.8, 4) is 5.82 Å². The summed E-state index contributed by atoms with van der Waals surface area (Å²) in [6.07, 6.45) is 4.52. The van der Waals surface area contributed by atoms with Crippen molar-refractivity contribution in [1.29, 1.82) is 0 Å². The second-order valence-corrected chi connectivity index (χ2v) is 7.02. The van der Waals surface area contributed by atoms with Gasteiger partial charge in [0.25, 0.3) is 0 Å². The minimum Gasteiger partial charge on any atom is -0.388 e. The van der Waals surface area contributed by atoms with E-state index >= 15 is 0 Å². The zero-order chi connectivity index (χ0) is 15.6. The van der Waals surface area contributed by atoms with Crippen molar-refractivity contribution >= 4 is 11.8 Å². The van der Waals surface area contributed by atoms with Gasteiger partial charge in [0.2, 0.25) is 0 Å². The van der Waals surface area contributed by atoms with Crippen LogP contribution in [0.3, 0.4) is 0 Å². The van der Waals surface area contributed by atoms with Crippen molar-refractivity contribution in [2.75, 3.05) is 18.1 Å². The van der Waals surface area contributed by atoms with E-state index in [4.69, 9.17) is 0 Å². The highest BCUT2D eigenvalue weighted by Crippen LogP contribution is 2.28. The third-order valence-electron chi connectivity index (χ3n) is 4.20. The molecule has 0 aliphatic carbocycles. The van der Waals surface area contributed by atoms with Gasteiger partial charge in [-0.05, 0) is 38.2 Å². The van der Waals surface area contributed by atoms with Crippen LogP contribution in [0.5, 0.6) is 0 Å². The maximum Gasteiger partial charge on any atom is 0.153 e. The van der Waals surface area contributed by atoms with Gasteiger partial charge < -0.3 is 10.4 Å². The van der Waals surface area contributed by atoms with E-state index in [1.165, 1.54) is 0 Å². The van der Waals surface area contributed by atoms with Crippen molar-refractivity contribution in [2.45, 2.75) is 31.9 Å². The Morgan fingerprint density at radius 1 is 1.50 bits per heavy atom. The molecule has 2 aromatic heterocycles. The minimum absolute atomic E-state index is 0.145. The van der Waals surface area contributed by atoms with E-state index in [0.29, 0.717) is 6.54 Å². The van der Waals surface area contributed by atoms with Gasteiger partial charge in [0, 0.05) is 35.8 Å². The van der Waals surface area contributed by atoms with Crippen LogP contribution in [0, 0.1) is 6.92 Å². The quantitative estimate of drug-likeness (QED) is 0.884. The van der Waals surface area contributed by atoms with Gasteiger partial charge in [-0.15, -0.1) is 0 Å². The summed E-state index contributed by atoms with van der Waals surface area (Å²) in [5.74, 6) is 2.69. The first-order valence-electron chi connectivity index (χ1n) is 7.58. The summed E-state index contributed by atoms with van der Waals surface area (Å²) in [6.45, 7) is 4.78. The molecule has 22 heavy (non-hydrogen) atoms. The highest BCUT2D eigenvalue weighted by atomic mass is 32.2. The first-order chi connectivity index (χ1) is 10.6.